The molecular formula is C22H36IN3O4. The number of carbonyl (C=O) groups is 1. The molecule has 0 atom stereocenters. The number of aliphatic imine (C=N–C) groups is 1. The van der Waals surface area contributed by atoms with Crippen LogP contribution in [0.3, 0.4) is 0 Å². The molecule has 0 radical (unpaired) electrons. The van der Waals surface area contributed by atoms with Crippen LogP contribution >= 0.6 is 24.0 Å². The zero-order chi connectivity index (χ0) is 20.9. The van der Waals surface area contributed by atoms with Gasteiger partial charge in [-0.15, -0.1) is 24.0 Å². The average Bonchev–Trinajstić information content (AvgIpc) is 3.23. The number of carbonyl (C=O) groups excluding carboxylic acids is 1. The molecule has 8 heteroatoms. The number of guanidine groups is 1. The van der Waals surface area contributed by atoms with Crippen molar-refractivity contribution in [3.63, 3.8) is 0 Å². The summed E-state index contributed by atoms with van der Waals surface area (Å²) in [6.45, 7) is 6.14. The molecule has 0 bridgehead atoms. The lowest BCUT2D eigenvalue weighted by Crippen LogP contribution is -2.37. The molecule has 1 aromatic carbocycles. The number of methoxy groups -OCH3 is 1. The maximum absolute atomic E-state index is 11.4. The van der Waals surface area contributed by atoms with E-state index in [9.17, 15) is 4.79 Å². The van der Waals surface area contributed by atoms with E-state index in [4.69, 9.17) is 19.2 Å². The van der Waals surface area contributed by atoms with Crippen molar-refractivity contribution in [2.75, 3.05) is 26.8 Å². The Morgan fingerprint density at radius 1 is 1.20 bits per heavy atom. The maximum Gasteiger partial charge on any atom is 0.305 e. The molecule has 0 aromatic heterocycles. The normalized spacial score (nSPS) is 14.0. The van der Waals surface area contributed by atoms with Crippen LogP contribution in [0.25, 0.3) is 0 Å². The summed E-state index contributed by atoms with van der Waals surface area (Å²) in [5.74, 6) is 2.09. The summed E-state index contributed by atoms with van der Waals surface area (Å²) < 4.78 is 16.8. The number of hydrogen-bond donors (Lipinski definition) is 2. The molecule has 2 rings (SSSR count). The van der Waals surface area contributed by atoms with Gasteiger partial charge in [0.25, 0.3) is 0 Å². The molecule has 1 aliphatic carbocycles. The molecule has 1 aromatic rings. The first-order valence-electron chi connectivity index (χ1n) is 10.7. The molecule has 0 aliphatic heterocycles. The molecule has 0 spiro atoms. The number of esters is 1. The third-order valence-corrected chi connectivity index (χ3v) is 4.77. The van der Waals surface area contributed by atoms with Gasteiger partial charge >= 0.3 is 5.97 Å². The first-order valence-corrected chi connectivity index (χ1v) is 10.7. The molecule has 0 heterocycles. The van der Waals surface area contributed by atoms with Gasteiger partial charge in [0.1, 0.15) is 0 Å². The molecule has 1 saturated carbocycles. The lowest BCUT2D eigenvalue weighted by Gasteiger charge is -2.19. The highest BCUT2D eigenvalue weighted by Gasteiger charge is 2.20. The van der Waals surface area contributed by atoms with Crippen molar-refractivity contribution in [3.05, 3.63) is 23.8 Å². The fourth-order valence-corrected chi connectivity index (χ4v) is 3.33. The lowest BCUT2D eigenvalue weighted by atomic mass is 10.1. The number of hydrogen-bond acceptors (Lipinski definition) is 5. The standard InChI is InChI=1S/C22H35N3O4.HI/c1-4-23-22(24-15-9-14-20(26)28-5-2)25-16-17-10-8-13-19(27-3)21(17)29-18-11-6-7-12-18;/h8,10,13,18H,4-7,9,11-12,14-16H2,1-3H3,(H2,23,24,25);1H. The van der Waals surface area contributed by atoms with Crippen LogP contribution in [0.2, 0.25) is 0 Å². The van der Waals surface area contributed by atoms with Gasteiger partial charge in [0.05, 0.1) is 26.4 Å². The van der Waals surface area contributed by atoms with Gasteiger partial charge in [0.2, 0.25) is 0 Å². The van der Waals surface area contributed by atoms with Gasteiger partial charge in [0.15, 0.2) is 17.5 Å². The van der Waals surface area contributed by atoms with E-state index in [1.807, 2.05) is 32.0 Å². The first-order chi connectivity index (χ1) is 14.2. The van der Waals surface area contributed by atoms with Crippen LogP contribution in [0.4, 0.5) is 0 Å². The Balaban J connectivity index is 0.00000450. The Morgan fingerprint density at radius 2 is 1.97 bits per heavy atom. The van der Waals surface area contributed by atoms with Crippen molar-refractivity contribution in [2.24, 2.45) is 4.99 Å². The van der Waals surface area contributed by atoms with Crippen LogP contribution in [0, 0.1) is 0 Å². The van der Waals surface area contributed by atoms with Gasteiger partial charge in [-0.1, -0.05) is 12.1 Å². The monoisotopic (exact) mass is 533 g/mol. The fraction of sp³-hybridized carbons (Fsp3) is 0.636. The van der Waals surface area contributed by atoms with Crippen LogP contribution in [0.15, 0.2) is 23.2 Å². The third kappa shape index (κ3) is 8.97. The Morgan fingerprint density at radius 3 is 2.63 bits per heavy atom. The molecular weight excluding hydrogens is 497 g/mol. The van der Waals surface area contributed by atoms with E-state index in [2.05, 4.69) is 10.6 Å². The van der Waals surface area contributed by atoms with E-state index in [1.165, 1.54) is 12.8 Å². The summed E-state index contributed by atoms with van der Waals surface area (Å²) in [5, 5.41) is 6.51. The minimum atomic E-state index is -0.165. The molecule has 1 aliphatic rings. The van der Waals surface area contributed by atoms with Crippen LogP contribution in [-0.4, -0.2) is 44.8 Å². The van der Waals surface area contributed by atoms with Crippen molar-refractivity contribution in [2.45, 2.75) is 65.0 Å². The van der Waals surface area contributed by atoms with Crippen molar-refractivity contribution in [1.29, 1.82) is 0 Å². The summed E-state index contributed by atoms with van der Waals surface area (Å²) in [4.78, 5) is 16.1. The SMILES string of the molecule is CCNC(=NCc1cccc(OC)c1OC1CCCC1)NCCCC(=O)OCC.I. The summed E-state index contributed by atoms with van der Waals surface area (Å²) >= 11 is 0. The number of halogens is 1. The van der Waals surface area contributed by atoms with Crippen LogP contribution < -0.4 is 20.1 Å². The molecule has 1 fully saturated rings. The smallest absolute Gasteiger partial charge is 0.305 e. The molecule has 2 N–H and O–H groups in total. The van der Waals surface area contributed by atoms with Crippen LogP contribution in [-0.2, 0) is 16.1 Å². The third-order valence-electron chi connectivity index (χ3n) is 4.77. The van der Waals surface area contributed by atoms with Crippen LogP contribution in [0.5, 0.6) is 11.5 Å². The highest BCUT2D eigenvalue weighted by atomic mass is 127. The predicted octanol–water partition coefficient (Wildman–Crippen LogP) is 4.03. The van der Waals surface area contributed by atoms with Gasteiger partial charge in [-0.05, 0) is 52.0 Å². The molecule has 0 unspecified atom stereocenters. The minimum absolute atomic E-state index is 0. The number of nitrogens with one attached hydrogen (secondary N) is 2. The zero-order valence-electron chi connectivity index (χ0n) is 18.4. The lowest BCUT2D eigenvalue weighted by molar-refractivity contribution is -0.143. The number of ether oxygens (including phenoxy) is 3. The Labute approximate surface area is 197 Å². The maximum atomic E-state index is 11.4. The van der Waals surface area contributed by atoms with Gasteiger partial charge in [0, 0.05) is 25.1 Å². The highest BCUT2D eigenvalue weighted by molar-refractivity contribution is 14.0. The molecule has 30 heavy (non-hydrogen) atoms. The van der Waals surface area contributed by atoms with E-state index in [0.29, 0.717) is 38.5 Å². The molecule has 7 nitrogen and oxygen atoms in total. The Hall–Kier alpha value is -1.71. The van der Waals surface area contributed by atoms with E-state index >= 15 is 0 Å². The van der Waals surface area contributed by atoms with Crippen molar-refractivity contribution in [3.8, 4) is 11.5 Å². The second-order valence-electron chi connectivity index (χ2n) is 7.00. The highest BCUT2D eigenvalue weighted by Crippen LogP contribution is 2.35. The van der Waals surface area contributed by atoms with Crippen molar-refractivity contribution >= 4 is 35.9 Å². The van der Waals surface area contributed by atoms with E-state index in [-0.39, 0.29) is 36.0 Å². The number of nitrogens with zero attached hydrogens (tertiary/aromatic N) is 1. The summed E-state index contributed by atoms with van der Waals surface area (Å²) in [7, 11) is 1.67. The number of para-hydroxylation sites is 1. The summed E-state index contributed by atoms with van der Waals surface area (Å²) in [6, 6.07) is 5.92. The second kappa shape index (κ2) is 15.1. The van der Waals surface area contributed by atoms with Gasteiger partial charge in [-0.2, -0.15) is 0 Å². The van der Waals surface area contributed by atoms with Gasteiger partial charge in [-0.3, -0.25) is 4.79 Å². The largest absolute Gasteiger partial charge is 0.493 e. The van der Waals surface area contributed by atoms with Crippen molar-refractivity contribution in [1.82, 2.24) is 10.6 Å². The van der Waals surface area contributed by atoms with E-state index in [1.54, 1.807) is 7.11 Å². The quantitative estimate of drug-likeness (QED) is 0.147. The first kappa shape index (κ1) is 26.3. The Kier molecular flexibility index (Phi) is 13.3. The average molecular weight is 533 g/mol. The van der Waals surface area contributed by atoms with Crippen LogP contribution in [0.1, 0.15) is 57.9 Å². The second-order valence-corrected chi connectivity index (χ2v) is 7.00. The summed E-state index contributed by atoms with van der Waals surface area (Å²) in [5.41, 5.74) is 1.000. The summed E-state index contributed by atoms with van der Waals surface area (Å²) in [6.07, 6.45) is 5.95. The minimum Gasteiger partial charge on any atom is -0.493 e. The van der Waals surface area contributed by atoms with Crippen molar-refractivity contribution < 1.29 is 19.0 Å². The molecule has 170 valence electrons. The van der Waals surface area contributed by atoms with Gasteiger partial charge in [-0.25, -0.2) is 4.99 Å². The van der Waals surface area contributed by atoms with Gasteiger partial charge < -0.3 is 24.8 Å². The van der Waals surface area contributed by atoms with E-state index in [0.717, 1.165) is 36.4 Å². The zero-order valence-corrected chi connectivity index (χ0v) is 20.7. The predicted molar refractivity (Wildman–Crippen MR) is 130 cm³/mol. The number of rotatable bonds is 11. The molecule has 0 amide bonds. The van der Waals surface area contributed by atoms with E-state index < -0.39 is 0 Å². The topological polar surface area (TPSA) is 81.2 Å². The fourth-order valence-electron chi connectivity index (χ4n) is 3.33. The molecule has 0 saturated heterocycles. The Bertz CT molecular complexity index is 664. The number of benzene rings is 1.